The zero-order valence-corrected chi connectivity index (χ0v) is 7.38. The van der Waals surface area contributed by atoms with E-state index in [0.717, 1.165) is 5.56 Å². The largest absolute Gasteiger partial charge is 0.492 e. The third-order valence-corrected chi connectivity index (χ3v) is 1.61. The lowest BCUT2D eigenvalue weighted by atomic mass is 10.2. The summed E-state index contributed by atoms with van der Waals surface area (Å²) >= 11 is 0. The number of nitrogens with zero attached hydrogens (tertiary/aromatic N) is 1. The van der Waals surface area contributed by atoms with E-state index < -0.39 is 0 Å². The van der Waals surface area contributed by atoms with Gasteiger partial charge >= 0.3 is 0 Å². The Morgan fingerprint density at radius 2 is 2.31 bits per heavy atom. The van der Waals surface area contributed by atoms with Gasteiger partial charge in [0.2, 0.25) is 0 Å². The standard InChI is InChI=1S/C10H10FNO/c1-8-7-9(11)3-4-10(8)13-6-2-5-12/h3-4,7H,2,6H2,1H3. The molecule has 0 amide bonds. The van der Waals surface area contributed by atoms with Gasteiger partial charge in [-0.05, 0) is 30.7 Å². The molecule has 0 aliphatic carbocycles. The average molecular weight is 179 g/mol. The molecule has 13 heavy (non-hydrogen) atoms. The minimum absolute atomic E-state index is 0.273. The molecule has 0 saturated heterocycles. The summed E-state index contributed by atoms with van der Waals surface area (Å²) in [5, 5.41) is 8.27. The molecule has 1 rings (SSSR count). The number of rotatable bonds is 3. The monoisotopic (exact) mass is 179 g/mol. The van der Waals surface area contributed by atoms with Crippen LogP contribution in [0.25, 0.3) is 0 Å². The van der Waals surface area contributed by atoms with E-state index in [1.54, 1.807) is 13.0 Å². The highest BCUT2D eigenvalue weighted by Gasteiger charge is 1.99. The summed E-state index contributed by atoms with van der Waals surface area (Å²) in [6.07, 6.45) is 0.344. The van der Waals surface area contributed by atoms with E-state index in [9.17, 15) is 4.39 Å². The summed E-state index contributed by atoms with van der Waals surface area (Å²) in [5.74, 6) is 0.363. The summed E-state index contributed by atoms with van der Waals surface area (Å²) in [4.78, 5) is 0. The maximum atomic E-state index is 12.6. The van der Waals surface area contributed by atoms with Crippen LogP contribution in [0.15, 0.2) is 18.2 Å². The average Bonchev–Trinajstić information content (AvgIpc) is 2.09. The van der Waals surface area contributed by atoms with Crippen molar-refractivity contribution in [3.63, 3.8) is 0 Å². The molecular formula is C10H10FNO. The zero-order valence-electron chi connectivity index (χ0n) is 7.38. The first-order valence-electron chi connectivity index (χ1n) is 4.00. The highest BCUT2D eigenvalue weighted by molar-refractivity contribution is 5.32. The van der Waals surface area contributed by atoms with E-state index in [1.165, 1.54) is 12.1 Å². The van der Waals surface area contributed by atoms with Crippen molar-refractivity contribution in [3.8, 4) is 11.8 Å². The molecule has 0 aliphatic rings. The Morgan fingerprint density at radius 3 is 2.92 bits per heavy atom. The predicted molar refractivity (Wildman–Crippen MR) is 46.9 cm³/mol. The second kappa shape index (κ2) is 4.46. The van der Waals surface area contributed by atoms with E-state index >= 15 is 0 Å². The Hall–Kier alpha value is -1.56. The van der Waals surface area contributed by atoms with Gasteiger partial charge in [-0.2, -0.15) is 5.26 Å². The van der Waals surface area contributed by atoms with E-state index in [-0.39, 0.29) is 5.82 Å². The fourth-order valence-electron chi connectivity index (χ4n) is 0.981. The van der Waals surface area contributed by atoms with Crippen LogP contribution in [0.5, 0.6) is 5.75 Å². The van der Waals surface area contributed by atoms with Gasteiger partial charge in [0.05, 0.1) is 12.5 Å². The molecule has 0 heterocycles. The first-order chi connectivity index (χ1) is 6.24. The first kappa shape index (κ1) is 9.53. The third kappa shape index (κ3) is 2.75. The lowest BCUT2D eigenvalue weighted by Crippen LogP contribution is -1.97. The molecule has 3 heteroatoms. The van der Waals surface area contributed by atoms with Crippen molar-refractivity contribution < 1.29 is 9.13 Å². The molecule has 0 spiro atoms. The fraction of sp³-hybridized carbons (Fsp3) is 0.300. The SMILES string of the molecule is Cc1cc(F)ccc1OCCC#N. The van der Waals surface area contributed by atoms with E-state index in [0.29, 0.717) is 18.8 Å². The van der Waals surface area contributed by atoms with Crippen LogP contribution in [-0.2, 0) is 0 Å². The van der Waals surface area contributed by atoms with Crippen molar-refractivity contribution in [1.82, 2.24) is 0 Å². The molecule has 0 saturated carbocycles. The van der Waals surface area contributed by atoms with Crippen LogP contribution in [0.1, 0.15) is 12.0 Å². The van der Waals surface area contributed by atoms with Gasteiger partial charge in [0.1, 0.15) is 18.2 Å². The van der Waals surface area contributed by atoms with Crippen LogP contribution in [0, 0.1) is 24.1 Å². The lowest BCUT2D eigenvalue weighted by Gasteiger charge is -2.06. The first-order valence-corrected chi connectivity index (χ1v) is 4.00. The minimum atomic E-state index is -0.273. The van der Waals surface area contributed by atoms with Gasteiger partial charge in [0.25, 0.3) is 0 Å². The number of hydrogen-bond acceptors (Lipinski definition) is 2. The van der Waals surface area contributed by atoms with E-state index in [2.05, 4.69) is 0 Å². The summed E-state index contributed by atoms with van der Waals surface area (Å²) < 4.78 is 17.9. The van der Waals surface area contributed by atoms with Crippen molar-refractivity contribution in [2.45, 2.75) is 13.3 Å². The molecule has 2 nitrogen and oxygen atoms in total. The van der Waals surface area contributed by atoms with Gasteiger partial charge in [0, 0.05) is 0 Å². The molecule has 1 aromatic carbocycles. The van der Waals surface area contributed by atoms with Gasteiger partial charge in [-0.15, -0.1) is 0 Å². The number of aryl methyl sites for hydroxylation is 1. The summed E-state index contributed by atoms with van der Waals surface area (Å²) in [6.45, 7) is 2.12. The Labute approximate surface area is 76.6 Å². The van der Waals surface area contributed by atoms with Gasteiger partial charge in [-0.3, -0.25) is 0 Å². The van der Waals surface area contributed by atoms with Crippen LogP contribution in [0.2, 0.25) is 0 Å². The van der Waals surface area contributed by atoms with E-state index in [1.807, 2.05) is 6.07 Å². The van der Waals surface area contributed by atoms with Crippen LogP contribution >= 0.6 is 0 Å². The topological polar surface area (TPSA) is 33.0 Å². The highest BCUT2D eigenvalue weighted by atomic mass is 19.1. The maximum absolute atomic E-state index is 12.6. The number of nitriles is 1. The Balaban J connectivity index is 2.62. The van der Waals surface area contributed by atoms with Crippen LogP contribution in [0.4, 0.5) is 4.39 Å². The van der Waals surface area contributed by atoms with E-state index in [4.69, 9.17) is 10.00 Å². The predicted octanol–water partition coefficient (Wildman–Crippen LogP) is 2.43. The van der Waals surface area contributed by atoms with Gasteiger partial charge < -0.3 is 4.74 Å². The lowest BCUT2D eigenvalue weighted by molar-refractivity contribution is 0.324. The molecule has 68 valence electrons. The molecule has 0 unspecified atom stereocenters. The minimum Gasteiger partial charge on any atom is -0.492 e. The van der Waals surface area contributed by atoms with Crippen molar-refractivity contribution in [2.24, 2.45) is 0 Å². The van der Waals surface area contributed by atoms with Crippen LogP contribution in [0.3, 0.4) is 0 Å². The Kier molecular flexibility index (Phi) is 3.27. The molecule has 0 aliphatic heterocycles. The molecular weight excluding hydrogens is 169 g/mol. The number of hydrogen-bond donors (Lipinski definition) is 0. The second-order valence-corrected chi connectivity index (χ2v) is 2.67. The molecule has 1 aromatic rings. The van der Waals surface area contributed by atoms with Gasteiger partial charge in [-0.25, -0.2) is 4.39 Å². The number of benzene rings is 1. The smallest absolute Gasteiger partial charge is 0.123 e. The van der Waals surface area contributed by atoms with Crippen LogP contribution in [-0.4, -0.2) is 6.61 Å². The van der Waals surface area contributed by atoms with Crippen molar-refractivity contribution in [2.75, 3.05) is 6.61 Å². The third-order valence-electron chi connectivity index (χ3n) is 1.61. The quantitative estimate of drug-likeness (QED) is 0.667. The summed E-state index contributed by atoms with van der Waals surface area (Å²) in [6, 6.07) is 6.29. The van der Waals surface area contributed by atoms with Crippen molar-refractivity contribution in [1.29, 1.82) is 5.26 Å². The Bertz CT molecular complexity index is 330. The number of halogens is 1. The van der Waals surface area contributed by atoms with Crippen LogP contribution < -0.4 is 4.74 Å². The fourth-order valence-corrected chi connectivity index (χ4v) is 0.981. The maximum Gasteiger partial charge on any atom is 0.123 e. The van der Waals surface area contributed by atoms with Crippen molar-refractivity contribution in [3.05, 3.63) is 29.6 Å². The molecule has 0 aromatic heterocycles. The van der Waals surface area contributed by atoms with Gasteiger partial charge in [0.15, 0.2) is 0 Å². The summed E-state index contributed by atoms with van der Waals surface area (Å²) in [7, 11) is 0. The number of ether oxygens (including phenoxy) is 1. The van der Waals surface area contributed by atoms with Gasteiger partial charge in [-0.1, -0.05) is 0 Å². The highest BCUT2D eigenvalue weighted by Crippen LogP contribution is 2.18. The zero-order chi connectivity index (χ0) is 9.68. The molecule has 0 fully saturated rings. The summed E-state index contributed by atoms with van der Waals surface area (Å²) in [5.41, 5.74) is 0.748. The Morgan fingerprint density at radius 1 is 1.54 bits per heavy atom. The molecule has 0 N–H and O–H groups in total. The molecule has 0 atom stereocenters. The molecule has 0 bridgehead atoms. The normalized spacial score (nSPS) is 9.31. The second-order valence-electron chi connectivity index (χ2n) is 2.67. The van der Waals surface area contributed by atoms with Crippen molar-refractivity contribution >= 4 is 0 Å². The molecule has 0 radical (unpaired) electrons.